The number of ether oxygens (including phenoxy) is 8. The molecule has 8 rings (SSSR count). The van der Waals surface area contributed by atoms with Gasteiger partial charge in [0, 0.05) is 107 Å². The van der Waals surface area contributed by atoms with Crippen LogP contribution in [0.1, 0.15) is 217 Å². The fourth-order valence-electron chi connectivity index (χ4n) is 17.9. The maximum Gasteiger partial charge on any atom is 0.329 e. The molecule has 6 fully saturated rings. The SMILES string of the molecule is CCN(CC)CC1C(=O)O[C@H](COC)[C@]2(C)C3=C(OC(=O)CCCCCCC(=O)O[C@@H]4C(C)=C[C@@H](C)C(=O)C[C@@H]([C@H](C)CC5CCC(O)CC5)OC(=O)[C@@H]5CCCCN5C(=O)C(=O)[C@]5(O)O[C@@H](CC[C@H]5C)C[C@H](OC)C(C)=CC=CC=C[C@@H](C)C[C@@H](C)C(=O)[C@@H]4OC)C[C@]4(C)C(=O)CCC4=C3C(=O)C(=O)C12. The van der Waals surface area contributed by atoms with Gasteiger partial charge in [-0.3, -0.25) is 47.9 Å². The number of Topliss-reactive ketones (excluding diaryl/α,β-unsaturated/α-hetero) is 6. The minimum absolute atomic E-state index is 0.0389. The van der Waals surface area contributed by atoms with E-state index >= 15 is 0 Å². The molecule has 23 heteroatoms. The van der Waals surface area contributed by atoms with E-state index in [-0.39, 0.29) is 117 Å². The van der Waals surface area contributed by atoms with Gasteiger partial charge in [0.2, 0.25) is 17.4 Å². The van der Waals surface area contributed by atoms with Crippen molar-refractivity contribution in [2.24, 2.45) is 58.2 Å². The number of esters is 4. The monoisotopic (exact) mass is 1480 g/mol. The summed E-state index contributed by atoms with van der Waals surface area (Å²) in [5.41, 5.74) is -0.515. The van der Waals surface area contributed by atoms with Gasteiger partial charge in [-0.1, -0.05) is 105 Å². The summed E-state index contributed by atoms with van der Waals surface area (Å²) in [6.45, 7) is 21.1. The van der Waals surface area contributed by atoms with Crippen LogP contribution in [0.15, 0.2) is 70.1 Å². The summed E-state index contributed by atoms with van der Waals surface area (Å²) in [5, 5.41) is 22.5. The van der Waals surface area contributed by atoms with Crippen molar-refractivity contribution in [1.29, 1.82) is 0 Å². The normalized spacial score (nSPS) is 34.7. The molecule has 0 aromatic rings. The van der Waals surface area contributed by atoms with E-state index in [9.17, 15) is 63.0 Å². The quantitative estimate of drug-likeness (QED) is 0.0376. The first kappa shape index (κ1) is 85.1. The van der Waals surface area contributed by atoms with Crippen molar-refractivity contribution in [2.45, 2.75) is 272 Å². The number of amides is 1. The van der Waals surface area contributed by atoms with Gasteiger partial charge in [0.1, 0.15) is 35.6 Å². The number of allylic oxidation sites excluding steroid dienone is 9. The second-order valence-electron chi connectivity index (χ2n) is 32.1. The third kappa shape index (κ3) is 19.4. The average molecular weight is 1480 g/mol. The third-order valence-corrected chi connectivity index (χ3v) is 24.6. The molecule has 3 saturated carbocycles. The lowest BCUT2D eigenvalue weighted by atomic mass is 9.51. The lowest BCUT2D eigenvalue weighted by Crippen LogP contribution is -2.64. The van der Waals surface area contributed by atoms with Gasteiger partial charge in [-0.2, -0.15) is 0 Å². The Hall–Kier alpha value is -6.47. The molecule has 3 saturated heterocycles. The number of carbonyl (C=O) groups excluding carboxylic acids is 11. The minimum Gasteiger partial charge on any atom is -0.460 e. The van der Waals surface area contributed by atoms with Crippen molar-refractivity contribution in [3.63, 3.8) is 0 Å². The van der Waals surface area contributed by atoms with Crippen LogP contribution in [-0.2, 0) is 90.6 Å². The number of carbonyl (C=O) groups is 11. The van der Waals surface area contributed by atoms with Gasteiger partial charge in [0.15, 0.2) is 18.0 Å². The third-order valence-electron chi connectivity index (χ3n) is 24.6. The molecule has 17 atom stereocenters. The second kappa shape index (κ2) is 37.8. The number of piperidine rings is 1. The van der Waals surface area contributed by atoms with Crippen molar-refractivity contribution < 1.29 is 101 Å². The summed E-state index contributed by atoms with van der Waals surface area (Å²) >= 11 is 0. The molecular formula is C83H120N2O21. The van der Waals surface area contributed by atoms with E-state index < -0.39 is 142 Å². The number of hydrogen-bond acceptors (Lipinski definition) is 22. The number of ketones is 6. The van der Waals surface area contributed by atoms with Crippen LogP contribution in [0.4, 0.5) is 0 Å². The molecule has 106 heavy (non-hydrogen) atoms. The first-order valence-electron chi connectivity index (χ1n) is 39.2. The molecule has 2 unspecified atom stereocenters. The number of hydrogen-bond donors (Lipinski definition) is 2. The predicted molar refractivity (Wildman–Crippen MR) is 392 cm³/mol. The molecule has 0 spiro atoms. The van der Waals surface area contributed by atoms with Crippen molar-refractivity contribution in [1.82, 2.24) is 9.80 Å². The van der Waals surface area contributed by atoms with E-state index in [2.05, 4.69) is 0 Å². The van der Waals surface area contributed by atoms with Crippen molar-refractivity contribution in [3.8, 4) is 0 Å². The molecule has 4 heterocycles. The van der Waals surface area contributed by atoms with Gasteiger partial charge >= 0.3 is 23.9 Å². The maximum atomic E-state index is 14.8. The van der Waals surface area contributed by atoms with E-state index in [4.69, 9.17) is 37.9 Å². The standard InChI is InChI=1S/C83H120N2O21/c1-15-84(16-2)46-58-70-74(93)73(92)69-59-37-38-65(88)81(59,10)45-64(71(69)82(70,11)66(47-99-12)104-79(58)96)102-67(89)29-22-17-18-23-30-68(90)105-75-53(8)41-50(5)61(87)44-63(51(6)42-55-32-34-56(86)35-33-55)103-80(97)60-28-24-25-39-85(60)78(95)77(94)83(98)54(9)31-36-57(106-83)43-62(100-13)49(4)27-21-19-20-26-48(3)40-52(7)72(91)76(75)101-14/h19-21,26-27,41,48,50-52,54-58,60,62-63,66,70,75-76,86,98H,15-18,22-25,28-40,42-47H2,1-14H3/t48-,50-,51-,52-,54-,55?,56?,57+,58?,60+,62+,63+,66-,70?,75-,76+,81+,82+,83-/m1/s1. The Morgan fingerprint density at radius 2 is 1.46 bits per heavy atom. The Morgan fingerprint density at radius 3 is 2.12 bits per heavy atom. The van der Waals surface area contributed by atoms with E-state index in [1.807, 2.05) is 69.9 Å². The summed E-state index contributed by atoms with van der Waals surface area (Å²) in [5.74, 6) is -14.5. The Bertz CT molecular complexity index is 3440. The molecular weight excluding hydrogens is 1360 g/mol. The highest BCUT2D eigenvalue weighted by atomic mass is 16.6. The highest BCUT2D eigenvalue weighted by Crippen LogP contribution is 2.62. The van der Waals surface area contributed by atoms with E-state index in [1.165, 1.54) is 19.1 Å². The van der Waals surface area contributed by atoms with Crippen LogP contribution in [0.25, 0.3) is 0 Å². The van der Waals surface area contributed by atoms with Crippen LogP contribution in [0.5, 0.6) is 0 Å². The van der Waals surface area contributed by atoms with Crippen LogP contribution in [0.3, 0.4) is 0 Å². The van der Waals surface area contributed by atoms with Gasteiger partial charge in [-0.25, -0.2) is 4.79 Å². The van der Waals surface area contributed by atoms with Gasteiger partial charge in [-0.05, 0) is 158 Å². The number of cyclic esters (lactones) is 2. The Kier molecular flexibility index (Phi) is 30.3. The van der Waals surface area contributed by atoms with Gasteiger partial charge < -0.3 is 57.9 Å². The predicted octanol–water partition coefficient (Wildman–Crippen LogP) is 10.6. The molecule has 4 aliphatic carbocycles. The summed E-state index contributed by atoms with van der Waals surface area (Å²) in [7, 11) is 4.37. The number of rotatable bonds is 20. The van der Waals surface area contributed by atoms with E-state index in [1.54, 1.807) is 54.7 Å². The molecule has 588 valence electrons. The topological polar surface area (TPSA) is 309 Å². The first-order valence-corrected chi connectivity index (χ1v) is 39.2. The first-order chi connectivity index (χ1) is 50.3. The summed E-state index contributed by atoms with van der Waals surface area (Å²) in [4.78, 5) is 162. The molecule has 8 aliphatic rings. The van der Waals surface area contributed by atoms with Gasteiger partial charge in [0.05, 0.1) is 42.2 Å². The Morgan fingerprint density at radius 1 is 0.774 bits per heavy atom. The number of aliphatic hydroxyl groups is 2. The zero-order valence-corrected chi connectivity index (χ0v) is 65.3. The fourth-order valence-corrected chi connectivity index (χ4v) is 17.9. The second-order valence-corrected chi connectivity index (χ2v) is 32.1. The molecule has 0 aromatic carbocycles. The van der Waals surface area contributed by atoms with Crippen LogP contribution >= 0.6 is 0 Å². The summed E-state index contributed by atoms with van der Waals surface area (Å²) < 4.78 is 48.8. The minimum atomic E-state index is -2.49. The number of unbranched alkanes of at least 4 members (excludes halogenated alkanes) is 3. The number of nitrogens with zero attached hydrogens (tertiary/aromatic N) is 2. The fraction of sp³-hybridized carbons (Fsp3) is 0.723. The lowest BCUT2D eigenvalue weighted by molar-refractivity contribution is -0.265. The van der Waals surface area contributed by atoms with Crippen LogP contribution in [0.2, 0.25) is 0 Å². The highest BCUT2D eigenvalue weighted by molar-refractivity contribution is 6.47. The summed E-state index contributed by atoms with van der Waals surface area (Å²) in [6, 6.07) is -1.21. The van der Waals surface area contributed by atoms with Crippen LogP contribution in [-0.4, -0.2) is 193 Å². The van der Waals surface area contributed by atoms with Crippen molar-refractivity contribution in [2.75, 3.05) is 54.1 Å². The zero-order chi connectivity index (χ0) is 77.7. The lowest BCUT2D eigenvalue weighted by Gasteiger charge is -2.54. The number of methoxy groups -OCH3 is 3. The van der Waals surface area contributed by atoms with Crippen molar-refractivity contribution >= 4 is 64.5 Å². The van der Waals surface area contributed by atoms with Gasteiger partial charge in [-0.15, -0.1) is 0 Å². The molecule has 23 nitrogen and oxygen atoms in total. The number of aliphatic hydroxyl groups excluding tert-OH is 1. The Labute approximate surface area is 626 Å². The van der Waals surface area contributed by atoms with Crippen molar-refractivity contribution in [3.05, 3.63) is 70.1 Å². The van der Waals surface area contributed by atoms with Crippen LogP contribution in [0, 0.1) is 58.2 Å². The molecule has 1 amide bonds. The molecule has 0 radical (unpaired) electrons. The summed E-state index contributed by atoms with van der Waals surface area (Å²) in [6.07, 6.45) is 12.3. The van der Waals surface area contributed by atoms with Gasteiger partial charge in [0.25, 0.3) is 11.7 Å². The van der Waals surface area contributed by atoms with E-state index in [0.29, 0.717) is 107 Å². The van der Waals surface area contributed by atoms with E-state index in [0.717, 1.165) is 18.4 Å². The largest absolute Gasteiger partial charge is 0.460 e. The molecule has 2 N–H and O–H groups in total. The zero-order valence-electron chi connectivity index (χ0n) is 65.3. The molecule has 0 aromatic heterocycles. The Balaban J connectivity index is 1.01. The smallest absolute Gasteiger partial charge is 0.329 e. The average Bonchev–Trinajstić information content (AvgIpc) is 1.12. The maximum absolute atomic E-state index is 14.8. The molecule has 2 bridgehead atoms. The molecule has 4 aliphatic heterocycles. The van der Waals surface area contributed by atoms with Crippen LogP contribution < -0.4 is 0 Å². The number of fused-ring (bicyclic) bond motifs is 7. The highest BCUT2D eigenvalue weighted by Gasteiger charge is 2.67.